The van der Waals surface area contributed by atoms with Crippen molar-refractivity contribution in [2.45, 2.75) is 6.92 Å². The van der Waals surface area contributed by atoms with Gasteiger partial charge in [-0.3, -0.25) is 9.59 Å². The first-order valence-electron chi connectivity index (χ1n) is 6.56. The van der Waals surface area contributed by atoms with Gasteiger partial charge in [0.25, 0.3) is 11.8 Å². The topological polar surface area (TPSA) is 66.8 Å². The van der Waals surface area contributed by atoms with Gasteiger partial charge in [-0.1, -0.05) is 6.07 Å². The predicted molar refractivity (Wildman–Crippen MR) is 76.9 cm³/mol. The highest BCUT2D eigenvalue weighted by atomic mass is 16.5. The Bertz CT molecular complexity index is 739. The van der Waals surface area contributed by atoms with Crippen molar-refractivity contribution in [3.63, 3.8) is 0 Å². The van der Waals surface area contributed by atoms with Crippen LogP contribution in [0.2, 0.25) is 0 Å². The zero-order valence-corrected chi connectivity index (χ0v) is 11.4. The number of carbonyl (C=O) groups excluding carboxylic acids is 2. The summed E-state index contributed by atoms with van der Waals surface area (Å²) < 4.78 is 5.35. The van der Waals surface area contributed by atoms with Gasteiger partial charge >= 0.3 is 0 Å². The molecule has 1 N–H and O–H groups in total. The Hall–Kier alpha value is -2.82. The first-order chi connectivity index (χ1) is 10.1. The molecule has 3 rings (SSSR count). The van der Waals surface area contributed by atoms with Gasteiger partial charge in [0.05, 0.1) is 23.4 Å². The minimum atomic E-state index is -0.415. The van der Waals surface area contributed by atoms with E-state index in [0.29, 0.717) is 29.2 Å². The molecule has 0 bridgehead atoms. The molecule has 0 radical (unpaired) electrons. The van der Waals surface area contributed by atoms with Crippen LogP contribution in [0.3, 0.4) is 0 Å². The second kappa shape index (κ2) is 4.94. The van der Waals surface area contributed by atoms with E-state index in [2.05, 4.69) is 0 Å². The predicted octanol–water partition coefficient (Wildman–Crippen LogP) is 2.59. The average Bonchev–Trinajstić information content (AvgIpc) is 2.71. The van der Waals surface area contributed by atoms with Gasteiger partial charge in [0.1, 0.15) is 11.5 Å². The minimum Gasteiger partial charge on any atom is -0.508 e. The Morgan fingerprint density at radius 2 is 1.81 bits per heavy atom. The van der Waals surface area contributed by atoms with Crippen LogP contribution in [0.15, 0.2) is 42.5 Å². The van der Waals surface area contributed by atoms with Gasteiger partial charge in [-0.2, -0.15) is 0 Å². The van der Waals surface area contributed by atoms with Crippen molar-refractivity contribution in [1.29, 1.82) is 0 Å². The number of ether oxygens (including phenoxy) is 1. The number of benzene rings is 2. The van der Waals surface area contributed by atoms with E-state index in [0.717, 1.165) is 4.90 Å². The van der Waals surface area contributed by atoms with Crippen molar-refractivity contribution < 1.29 is 19.4 Å². The van der Waals surface area contributed by atoms with Crippen LogP contribution in [0.25, 0.3) is 0 Å². The molecule has 0 saturated heterocycles. The van der Waals surface area contributed by atoms with Crippen molar-refractivity contribution in [1.82, 2.24) is 0 Å². The van der Waals surface area contributed by atoms with Crippen molar-refractivity contribution in [3.05, 3.63) is 53.6 Å². The number of phenolic OH excluding ortho intramolecular Hbond substituents is 1. The van der Waals surface area contributed by atoms with E-state index in [9.17, 15) is 14.7 Å². The van der Waals surface area contributed by atoms with Gasteiger partial charge in [-0.25, -0.2) is 4.90 Å². The summed E-state index contributed by atoms with van der Waals surface area (Å²) in [6, 6.07) is 10.9. The van der Waals surface area contributed by atoms with Crippen molar-refractivity contribution >= 4 is 17.5 Å². The molecule has 2 aromatic carbocycles. The van der Waals surface area contributed by atoms with Crippen LogP contribution in [-0.4, -0.2) is 23.5 Å². The fourth-order valence-electron chi connectivity index (χ4n) is 2.34. The summed E-state index contributed by atoms with van der Waals surface area (Å²) in [5.41, 5.74) is 1.00. The summed E-state index contributed by atoms with van der Waals surface area (Å²) >= 11 is 0. The molecule has 0 spiro atoms. The normalized spacial score (nSPS) is 13.5. The van der Waals surface area contributed by atoms with Gasteiger partial charge < -0.3 is 9.84 Å². The average molecular weight is 283 g/mol. The summed E-state index contributed by atoms with van der Waals surface area (Å²) in [5.74, 6) is -0.264. The lowest BCUT2D eigenvalue weighted by molar-refractivity contribution is 0.0926. The van der Waals surface area contributed by atoms with Gasteiger partial charge in [-0.05, 0) is 37.3 Å². The monoisotopic (exact) mass is 283 g/mol. The lowest BCUT2D eigenvalue weighted by Gasteiger charge is -2.13. The number of phenols is 1. The molecule has 21 heavy (non-hydrogen) atoms. The van der Waals surface area contributed by atoms with Crippen molar-refractivity contribution in [2.24, 2.45) is 0 Å². The number of nitrogens with zero attached hydrogens (tertiary/aromatic N) is 1. The maximum atomic E-state index is 12.4. The maximum Gasteiger partial charge on any atom is 0.266 e. The standard InChI is InChI=1S/C16H13NO4/c1-2-21-12-6-7-13-14(9-12)16(20)17(15(13)19)10-4-3-5-11(18)8-10/h3-9,18H,2H2,1H3. The molecular weight excluding hydrogens is 270 g/mol. The number of amides is 2. The Balaban J connectivity index is 2.04. The summed E-state index contributed by atoms with van der Waals surface area (Å²) in [4.78, 5) is 25.9. The van der Waals surface area contributed by atoms with Gasteiger partial charge in [0, 0.05) is 6.07 Å². The van der Waals surface area contributed by atoms with Gasteiger partial charge in [0.2, 0.25) is 0 Å². The van der Waals surface area contributed by atoms with Crippen LogP contribution in [-0.2, 0) is 0 Å². The van der Waals surface area contributed by atoms with E-state index in [1.165, 1.54) is 12.1 Å². The molecule has 0 aliphatic carbocycles. The summed E-state index contributed by atoms with van der Waals surface area (Å²) in [5, 5.41) is 9.51. The first-order valence-corrected chi connectivity index (χ1v) is 6.56. The number of aromatic hydroxyl groups is 1. The molecule has 1 aliphatic heterocycles. The third-order valence-electron chi connectivity index (χ3n) is 3.26. The highest BCUT2D eigenvalue weighted by Gasteiger charge is 2.37. The van der Waals surface area contributed by atoms with Gasteiger partial charge in [-0.15, -0.1) is 0 Å². The molecule has 0 atom stereocenters. The minimum absolute atomic E-state index is 0.000869. The van der Waals surface area contributed by atoms with Crippen LogP contribution >= 0.6 is 0 Å². The zero-order valence-electron chi connectivity index (χ0n) is 11.4. The molecule has 0 aromatic heterocycles. The quantitative estimate of drug-likeness (QED) is 0.879. The van der Waals surface area contributed by atoms with Crippen molar-refractivity contribution in [3.8, 4) is 11.5 Å². The molecule has 106 valence electrons. The Morgan fingerprint density at radius 3 is 2.52 bits per heavy atom. The molecule has 0 unspecified atom stereocenters. The molecule has 1 heterocycles. The first kappa shape index (κ1) is 13.2. The maximum absolute atomic E-state index is 12.4. The molecule has 2 amide bonds. The van der Waals surface area contributed by atoms with Crippen LogP contribution in [0.1, 0.15) is 27.6 Å². The summed E-state index contributed by atoms with van der Waals surface area (Å²) in [7, 11) is 0. The fraction of sp³-hybridized carbons (Fsp3) is 0.125. The number of imide groups is 1. The van der Waals surface area contributed by atoms with E-state index < -0.39 is 11.8 Å². The lowest BCUT2D eigenvalue weighted by Crippen LogP contribution is -2.29. The Morgan fingerprint density at radius 1 is 1.05 bits per heavy atom. The SMILES string of the molecule is CCOc1ccc2c(c1)C(=O)N(c1cccc(O)c1)C2=O. The van der Waals surface area contributed by atoms with Gasteiger partial charge in [0.15, 0.2) is 0 Å². The number of anilines is 1. The van der Waals surface area contributed by atoms with E-state index in [1.807, 2.05) is 6.92 Å². The van der Waals surface area contributed by atoms with Crippen LogP contribution in [0, 0.1) is 0 Å². The molecule has 0 saturated carbocycles. The second-order valence-corrected chi connectivity index (χ2v) is 4.61. The number of hydrogen-bond acceptors (Lipinski definition) is 4. The Labute approximate surface area is 121 Å². The summed E-state index contributed by atoms with van der Waals surface area (Å²) in [6.45, 7) is 2.33. The molecule has 2 aromatic rings. The third-order valence-corrected chi connectivity index (χ3v) is 3.26. The van der Waals surface area contributed by atoms with E-state index in [4.69, 9.17) is 4.74 Å². The number of hydrogen-bond donors (Lipinski definition) is 1. The van der Waals surface area contributed by atoms with Crippen molar-refractivity contribution in [2.75, 3.05) is 11.5 Å². The Kier molecular flexibility index (Phi) is 3.10. The largest absolute Gasteiger partial charge is 0.508 e. The smallest absolute Gasteiger partial charge is 0.266 e. The van der Waals surface area contributed by atoms with E-state index in [1.54, 1.807) is 30.3 Å². The molecule has 1 aliphatic rings. The lowest BCUT2D eigenvalue weighted by atomic mass is 10.1. The highest BCUT2D eigenvalue weighted by molar-refractivity contribution is 6.34. The molecule has 0 fully saturated rings. The second-order valence-electron chi connectivity index (χ2n) is 4.61. The van der Waals surface area contributed by atoms with Crippen LogP contribution in [0.5, 0.6) is 11.5 Å². The number of rotatable bonds is 3. The number of fused-ring (bicyclic) bond motifs is 1. The fourth-order valence-corrected chi connectivity index (χ4v) is 2.34. The summed E-state index contributed by atoms with van der Waals surface area (Å²) in [6.07, 6.45) is 0. The molecular formula is C16H13NO4. The third kappa shape index (κ3) is 2.12. The van der Waals surface area contributed by atoms with E-state index >= 15 is 0 Å². The number of carbonyl (C=O) groups is 2. The molecule has 5 nitrogen and oxygen atoms in total. The van der Waals surface area contributed by atoms with E-state index in [-0.39, 0.29) is 5.75 Å². The zero-order chi connectivity index (χ0) is 15.0. The highest BCUT2D eigenvalue weighted by Crippen LogP contribution is 2.32. The van der Waals surface area contributed by atoms with Crippen LogP contribution < -0.4 is 9.64 Å². The van der Waals surface area contributed by atoms with Crippen LogP contribution in [0.4, 0.5) is 5.69 Å². The molecule has 5 heteroatoms.